The zero-order chi connectivity index (χ0) is 16.2. The van der Waals surface area contributed by atoms with Gasteiger partial charge in [-0.05, 0) is 19.1 Å². The maximum absolute atomic E-state index is 12.0. The number of esters is 1. The largest absolute Gasteiger partial charge is 0.460 e. The molecule has 0 saturated carbocycles. The standard InChI is InChI=1S/C11H11Cl3N2O4S/c1-6(5-20-7(2)17)15-16-21(18,19)11-4-9(13)8(12)3-10(11)14/h3-4,16H,5H2,1-2H3/b15-6+. The summed E-state index contributed by atoms with van der Waals surface area (Å²) in [5.74, 6) is -0.500. The number of halogens is 3. The van der Waals surface area contributed by atoms with E-state index in [0.29, 0.717) is 0 Å². The van der Waals surface area contributed by atoms with Gasteiger partial charge in [-0.2, -0.15) is 18.4 Å². The van der Waals surface area contributed by atoms with Crippen molar-refractivity contribution in [2.45, 2.75) is 18.7 Å². The van der Waals surface area contributed by atoms with Gasteiger partial charge in [0.25, 0.3) is 10.0 Å². The monoisotopic (exact) mass is 372 g/mol. The van der Waals surface area contributed by atoms with Crippen molar-refractivity contribution in [1.82, 2.24) is 4.83 Å². The minimum Gasteiger partial charge on any atom is -0.460 e. The number of benzene rings is 1. The molecule has 0 aromatic heterocycles. The van der Waals surface area contributed by atoms with Gasteiger partial charge in [-0.15, -0.1) is 0 Å². The topological polar surface area (TPSA) is 84.8 Å². The van der Waals surface area contributed by atoms with Crippen LogP contribution in [0.1, 0.15) is 13.8 Å². The van der Waals surface area contributed by atoms with Crippen LogP contribution in [0.4, 0.5) is 0 Å². The number of hydrogen-bond acceptors (Lipinski definition) is 5. The van der Waals surface area contributed by atoms with Gasteiger partial charge in [0, 0.05) is 6.92 Å². The fraction of sp³-hybridized carbons (Fsp3) is 0.273. The summed E-state index contributed by atoms with van der Waals surface area (Å²) in [5.41, 5.74) is 0.255. The lowest BCUT2D eigenvalue weighted by molar-refractivity contribution is -0.139. The van der Waals surface area contributed by atoms with Crippen molar-refractivity contribution < 1.29 is 17.9 Å². The third kappa shape index (κ3) is 5.35. The maximum Gasteiger partial charge on any atom is 0.303 e. The molecule has 1 rings (SSSR count). The Labute approximate surface area is 137 Å². The van der Waals surface area contributed by atoms with Crippen LogP contribution in [0.25, 0.3) is 0 Å². The van der Waals surface area contributed by atoms with Gasteiger partial charge in [0.05, 0.1) is 20.8 Å². The molecule has 0 atom stereocenters. The number of sulfonamides is 1. The Hall–Kier alpha value is -1.02. The molecule has 0 heterocycles. The Morgan fingerprint density at radius 3 is 2.33 bits per heavy atom. The summed E-state index contributed by atoms with van der Waals surface area (Å²) >= 11 is 17.3. The fourth-order valence-electron chi connectivity index (χ4n) is 1.14. The predicted molar refractivity (Wildman–Crippen MR) is 81.5 cm³/mol. The van der Waals surface area contributed by atoms with E-state index in [1.165, 1.54) is 19.9 Å². The highest BCUT2D eigenvalue weighted by molar-refractivity contribution is 7.89. The summed E-state index contributed by atoms with van der Waals surface area (Å²) in [6.07, 6.45) is 0. The van der Waals surface area contributed by atoms with E-state index in [1.807, 2.05) is 4.83 Å². The van der Waals surface area contributed by atoms with Crippen LogP contribution in [0.3, 0.4) is 0 Å². The lowest BCUT2D eigenvalue weighted by Gasteiger charge is -2.08. The second-order valence-electron chi connectivity index (χ2n) is 3.92. The molecule has 0 unspecified atom stereocenters. The molecule has 1 aromatic rings. The van der Waals surface area contributed by atoms with Gasteiger partial charge in [-0.25, -0.2) is 0 Å². The number of carbonyl (C=O) groups is 1. The van der Waals surface area contributed by atoms with Crippen molar-refractivity contribution in [3.05, 3.63) is 27.2 Å². The SMILES string of the molecule is CC(=O)OC/C(C)=N/NS(=O)(=O)c1cc(Cl)c(Cl)cc1Cl. The van der Waals surface area contributed by atoms with Gasteiger partial charge in [-0.1, -0.05) is 34.8 Å². The molecule has 0 radical (unpaired) electrons. The van der Waals surface area contributed by atoms with Crippen molar-refractivity contribution in [3.63, 3.8) is 0 Å². The lowest BCUT2D eigenvalue weighted by atomic mass is 10.4. The number of nitrogens with one attached hydrogen (secondary N) is 1. The van der Waals surface area contributed by atoms with E-state index in [4.69, 9.17) is 34.8 Å². The van der Waals surface area contributed by atoms with E-state index in [9.17, 15) is 13.2 Å². The number of hydrogen-bond donors (Lipinski definition) is 1. The molecule has 6 nitrogen and oxygen atoms in total. The summed E-state index contributed by atoms with van der Waals surface area (Å²) in [4.78, 5) is 12.3. The molecule has 0 fully saturated rings. The number of rotatable bonds is 5. The van der Waals surface area contributed by atoms with Gasteiger partial charge < -0.3 is 4.74 Å². The first-order chi connectivity index (χ1) is 9.63. The first kappa shape index (κ1) is 18.0. The zero-order valence-corrected chi connectivity index (χ0v) is 14.1. The third-order valence-electron chi connectivity index (χ3n) is 2.11. The molecule has 21 heavy (non-hydrogen) atoms. The Kier molecular flexibility index (Phi) is 6.27. The van der Waals surface area contributed by atoms with Gasteiger partial charge in [0.2, 0.25) is 0 Å². The second-order valence-corrected chi connectivity index (χ2v) is 6.77. The summed E-state index contributed by atoms with van der Waals surface area (Å²) < 4.78 is 28.8. The minimum absolute atomic E-state index is 0.0436. The van der Waals surface area contributed by atoms with Crippen molar-refractivity contribution in [2.24, 2.45) is 5.10 Å². The molecule has 1 aromatic carbocycles. The Balaban J connectivity index is 2.95. The van der Waals surface area contributed by atoms with Crippen LogP contribution in [0.15, 0.2) is 22.1 Å². The Morgan fingerprint density at radius 2 is 1.76 bits per heavy atom. The molecule has 0 bridgehead atoms. The van der Waals surface area contributed by atoms with Gasteiger partial charge >= 0.3 is 5.97 Å². The van der Waals surface area contributed by atoms with Gasteiger partial charge in [0.1, 0.15) is 11.5 Å². The Morgan fingerprint density at radius 1 is 1.19 bits per heavy atom. The van der Waals surface area contributed by atoms with E-state index in [0.717, 1.165) is 6.07 Å². The van der Waals surface area contributed by atoms with Gasteiger partial charge in [0.15, 0.2) is 0 Å². The molecule has 0 aliphatic rings. The molecule has 1 N–H and O–H groups in total. The molecular weight excluding hydrogens is 363 g/mol. The lowest BCUT2D eigenvalue weighted by Crippen LogP contribution is -2.21. The fourth-order valence-corrected chi connectivity index (χ4v) is 3.02. The highest BCUT2D eigenvalue weighted by Crippen LogP contribution is 2.31. The van der Waals surface area contributed by atoms with Crippen LogP contribution < -0.4 is 4.83 Å². The minimum atomic E-state index is -4.02. The average molecular weight is 374 g/mol. The summed E-state index contributed by atoms with van der Waals surface area (Å²) in [5, 5.41) is 3.69. The maximum atomic E-state index is 12.0. The number of nitrogens with zero attached hydrogens (tertiary/aromatic N) is 1. The third-order valence-corrected chi connectivity index (χ3v) is 4.50. The molecular formula is C11H11Cl3N2O4S. The molecule has 0 saturated heterocycles. The number of carbonyl (C=O) groups excluding carboxylic acids is 1. The zero-order valence-electron chi connectivity index (χ0n) is 11.0. The first-order valence-electron chi connectivity index (χ1n) is 5.46. The normalized spacial score (nSPS) is 12.1. The number of hydrazone groups is 1. The second kappa shape index (κ2) is 7.31. The highest BCUT2D eigenvalue weighted by atomic mass is 35.5. The van der Waals surface area contributed by atoms with Crippen LogP contribution in [-0.2, 0) is 19.6 Å². The Bertz CT molecular complexity index is 689. The molecule has 116 valence electrons. The van der Waals surface area contributed by atoms with E-state index in [2.05, 4.69) is 9.84 Å². The quantitative estimate of drug-likeness (QED) is 0.372. The van der Waals surface area contributed by atoms with E-state index in [-0.39, 0.29) is 32.3 Å². The molecule has 10 heteroatoms. The van der Waals surface area contributed by atoms with Crippen molar-refractivity contribution in [2.75, 3.05) is 6.61 Å². The summed E-state index contributed by atoms with van der Waals surface area (Å²) in [6.45, 7) is 2.59. The first-order valence-corrected chi connectivity index (χ1v) is 8.08. The van der Waals surface area contributed by atoms with E-state index < -0.39 is 16.0 Å². The van der Waals surface area contributed by atoms with E-state index in [1.54, 1.807) is 0 Å². The molecule has 0 amide bonds. The van der Waals surface area contributed by atoms with E-state index >= 15 is 0 Å². The van der Waals surface area contributed by atoms with Crippen molar-refractivity contribution in [3.8, 4) is 0 Å². The number of ether oxygens (including phenoxy) is 1. The van der Waals surface area contributed by atoms with Crippen LogP contribution >= 0.6 is 34.8 Å². The van der Waals surface area contributed by atoms with Crippen LogP contribution in [0.5, 0.6) is 0 Å². The van der Waals surface area contributed by atoms with Crippen LogP contribution in [0, 0.1) is 0 Å². The van der Waals surface area contributed by atoms with Crippen molar-refractivity contribution >= 4 is 56.5 Å². The molecule has 0 spiro atoms. The molecule has 0 aliphatic heterocycles. The average Bonchev–Trinajstić information content (AvgIpc) is 2.38. The predicted octanol–water partition coefficient (Wildman–Crippen LogP) is 2.86. The van der Waals surface area contributed by atoms with Crippen LogP contribution in [0.2, 0.25) is 15.1 Å². The summed E-state index contributed by atoms with van der Waals surface area (Å²) in [7, 11) is -4.02. The van der Waals surface area contributed by atoms with Crippen molar-refractivity contribution in [1.29, 1.82) is 0 Å². The summed E-state index contributed by atoms with van der Waals surface area (Å²) in [6, 6.07) is 2.33. The van der Waals surface area contributed by atoms with Gasteiger partial charge in [-0.3, -0.25) is 4.79 Å². The van der Waals surface area contributed by atoms with Crippen LogP contribution in [-0.4, -0.2) is 26.7 Å². The smallest absolute Gasteiger partial charge is 0.303 e. The molecule has 0 aliphatic carbocycles. The highest BCUT2D eigenvalue weighted by Gasteiger charge is 2.19.